The Hall–Kier alpha value is -1.52. The van der Waals surface area contributed by atoms with Gasteiger partial charge in [0.05, 0.1) is 5.56 Å². The number of rotatable bonds is 1. The Morgan fingerprint density at radius 1 is 1.07 bits per heavy atom. The maximum absolute atomic E-state index is 11.5. The summed E-state index contributed by atoms with van der Waals surface area (Å²) in [6, 6.07) is 0. The first kappa shape index (κ1) is 10.0. The predicted octanol–water partition coefficient (Wildman–Crippen LogP) is 0.817. The molecule has 0 unspecified atom stereocenters. The molecule has 0 bridgehead atoms. The lowest BCUT2D eigenvalue weighted by Gasteiger charge is -2.21. The maximum Gasteiger partial charge on any atom is 0.328 e. The van der Waals surface area contributed by atoms with Crippen molar-refractivity contribution >= 4 is 0 Å². The summed E-state index contributed by atoms with van der Waals surface area (Å²) in [5, 5.41) is 9.55. The molecule has 1 aliphatic carbocycles. The molecule has 2 rings (SSSR count). The molecule has 3 N–H and O–H groups in total. The number of hydrogen-bond donors (Lipinski definition) is 3. The number of aromatic nitrogens is 2. The molecule has 1 aromatic heterocycles. The number of H-pyrrole nitrogens is 2. The fraction of sp³-hybridized carbons (Fsp3) is 0.600. The van der Waals surface area contributed by atoms with E-state index < -0.39 is 11.2 Å². The van der Waals surface area contributed by atoms with Crippen molar-refractivity contribution in [3.05, 3.63) is 26.4 Å². The fourth-order valence-electron chi connectivity index (χ4n) is 2.25. The molecule has 5 heteroatoms. The smallest absolute Gasteiger partial charge is 0.328 e. The molecule has 0 saturated heterocycles. The molecule has 82 valence electrons. The molecule has 1 saturated carbocycles. The minimum absolute atomic E-state index is 0.0827. The summed E-state index contributed by atoms with van der Waals surface area (Å²) in [4.78, 5) is 26.8. The van der Waals surface area contributed by atoms with Crippen molar-refractivity contribution in [2.24, 2.45) is 0 Å². The zero-order chi connectivity index (χ0) is 10.8. The molecule has 15 heavy (non-hydrogen) atoms. The van der Waals surface area contributed by atoms with Crippen LogP contribution in [0.3, 0.4) is 0 Å². The Bertz CT molecular complexity index is 454. The van der Waals surface area contributed by atoms with Crippen LogP contribution < -0.4 is 11.2 Å². The van der Waals surface area contributed by atoms with Gasteiger partial charge in [-0.2, -0.15) is 0 Å². The van der Waals surface area contributed by atoms with Crippen LogP contribution in [-0.2, 0) is 0 Å². The molecule has 1 aromatic rings. The quantitative estimate of drug-likeness (QED) is 0.641. The summed E-state index contributed by atoms with van der Waals surface area (Å²) in [6.45, 7) is 0. The van der Waals surface area contributed by atoms with Crippen LogP contribution in [0.15, 0.2) is 9.59 Å². The fourth-order valence-corrected chi connectivity index (χ4v) is 2.25. The Kier molecular flexibility index (Phi) is 2.62. The minimum atomic E-state index is -0.656. The highest BCUT2D eigenvalue weighted by atomic mass is 16.3. The summed E-state index contributed by atoms with van der Waals surface area (Å²) >= 11 is 0. The van der Waals surface area contributed by atoms with E-state index in [-0.39, 0.29) is 11.8 Å². The van der Waals surface area contributed by atoms with Gasteiger partial charge in [-0.05, 0) is 18.8 Å². The Balaban J connectivity index is 2.42. The van der Waals surface area contributed by atoms with Gasteiger partial charge >= 0.3 is 5.69 Å². The van der Waals surface area contributed by atoms with Gasteiger partial charge in [0.15, 0.2) is 0 Å². The van der Waals surface area contributed by atoms with Gasteiger partial charge in [0.2, 0.25) is 5.88 Å². The monoisotopic (exact) mass is 210 g/mol. The van der Waals surface area contributed by atoms with Crippen LogP contribution in [0.5, 0.6) is 5.88 Å². The van der Waals surface area contributed by atoms with Crippen molar-refractivity contribution in [1.29, 1.82) is 0 Å². The molecule has 5 nitrogen and oxygen atoms in total. The predicted molar refractivity (Wildman–Crippen MR) is 55.2 cm³/mol. The van der Waals surface area contributed by atoms with Gasteiger partial charge in [0.25, 0.3) is 5.56 Å². The zero-order valence-corrected chi connectivity index (χ0v) is 8.38. The highest BCUT2D eigenvalue weighted by Crippen LogP contribution is 2.33. The lowest BCUT2D eigenvalue weighted by Crippen LogP contribution is -2.27. The first-order valence-electron chi connectivity index (χ1n) is 5.24. The Morgan fingerprint density at radius 3 is 2.33 bits per heavy atom. The van der Waals surface area contributed by atoms with Gasteiger partial charge in [-0.15, -0.1) is 0 Å². The van der Waals surface area contributed by atoms with Crippen LogP contribution in [0, 0.1) is 0 Å². The van der Waals surface area contributed by atoms with E-state index in [2.05, 4.69) is 9.97 Å². The van der Waals surface area contributed by atoms with Crippen molar-refractivity contribution < 1.29 is 5.11 Å². The third-order valence-electron chi connectivity index (χ3n) is 2.97. The Labute approximate surface area is 86.2 Å². The molecule has 0 aromatic carbocycles. The number of hydrogen-bond acceptors (Lipinski definition) is 3. The summed E-state index contributed by atoms with van der Waals surface area (Å²) < 4.78 is 0. The van der Waals surface area contributed by atoms with E-state index >= 15 is 0 Å². The lowest BCUT2D eigenvalue weighted by molar-refractivity contribution is 0.397. The van der Waals surface area contributed by atoms with E-state index in [1.54, 1.807) is 0 Å². The van der Waals surface area contributed by atoms with Gasteiger partial charge in [-0.25, -0.2) is 4.79 Å². The average Bonchev–Trinajstić information content (AvgIpc) is 2.17. The van der Waals surface area contributed by atoms with E-state index in [0.717, 1.165) is 25.7 Å². The van der Waals surface area contributed by atoms with Crippen LogP contribution in [0.25, 0.3) is 0 Å². The van der Waals surface area contributed by atoms with E-state index in [4.69, 9.17) is 0 Å². The van der Waals surface area contributed by atoms with Crippen LogP contribution in [0.2, 0.25) is 0 Å². The Morgan fingerprint density at radius 2 is 1.73 bits per heavy atom. The third kappa shape index (κ3) is 1.95. The topological polar surface area (TPSA) is 85.9 Å². The van der Waals surface area contributed by atoms with Gasteiger partial charge < -0.3 is 5.11 Å². The molecule has 0 atom stereocenters. The second-order valence-electron chi connectivity index (χ2n) is 4.01. The van der Waals surface area contributed by atoms with Gasteiger partial charge in [0, 0.05) is 0 Å². The molecule has 0 aliphatic heterocycles. The number of nitrogens with one attached hydrogen (secondary N) is 2. The van der Waals surface area contributed by atoms with Gasteiger partial charge in [-0.3, -0.25) is 14.8 Å². The second kappa shape index (κ2) is 3.92. The first-order chi connectivity index (χ1) is 7.18. The highest BCUT2D eigenvalue weighted by Gasteiger charge is 2.22. The van der Waals surface area contributed by atoms with Crippen LogP contribution in [0.4, 0.5) is 0 Å². The largest absolute Gasteiger partial charge is 0.494 e. The zero-order valence-electron chi connectivity index (χ0n) is 8.38. The van der Waals surface area contributed by atoms with Crippen molar-refractivity contribution in [3.63, 3.8) is 0 Å². The van der Waals surface area contributed by atoms with E-state index in [0.29, 0.717) is 5.56 Å². The summed E-state index contributed by atoms with van der Waals surface area (Å²) in [5.41, 5.74) is -0.769. The number of aromatic hydroxyl groups is 1. The maximum atomic E-state index is 11.5. The first-order valence-corrected chi connectivity index (χ1v) is 5.24. The van der Waals surface area contributed by atoms with Crippen LogP contribution in [0.1, 0.15) is 43.6 Å². The minimum Gasteiger partial charge on any atom is -0.494 e. The normalized spacial score (nSPS) is 17.9. The molecule has 0 amide bonds. The van der Waals surface area contributed by atoms with Crippen molar-refractivity contribution in [2.75, 3.05) is 0 Å². The van der Waals surface area contributed by atoms with Crippen LogP contribution >= 0.6 is 0 Å². The SMILES string of the molecule is O=c1[nH]c(O)c(C2CCCCC2)c(=O)[nH]1. The summed E-state index contributed by atoms with van der Waals surface area (Å²) in [6.07, 6.45) is 5.13. The highest BCUT2D eigenvalue weighted by molar-refractivity contribution is 5.25. The second-order valence-corrected chi connectivity index (χ2v) is 4.01. The summed E-state index contributed by atoms with van der Waals surface area (Å²) in [7, 11) is 0. The van der Waals surface area contributed by atoms with Crippen LogP contribution in [-0.4, -0.2) is 15.1 Å². The van der Waals surface area contributed by atoms with E-state index in [9.17, 15) is 14.7 Å². The molecule has 0 radical (unpaired) electrons. The molecular weight excluding hydrogens is 196 g/mol. The molecule has 0 spiro atoms. The summed E-state index contributed by atoms with van der Waals surface area (Å²) in [5.74, 6) is -0.185. The molecule has 1 aliphatic rings. The molecule has 1 fully saturated rings. The standard InChI is InChI=1S/C10H14N2O3/c13-8-7(6-4-2-1-3-5-6)9(14)12-10(15)11-8/h6H,1-5H2,(H3,11,12,13,14,15). The van der Waals surface area contributed by atoms with E-state index in [1.807, 2.05) is 0 Å². The lowest BCUT2D eigenvalue weighted by atomic mass is 9.85. The van der Waals surface area contributed by atoms with Gasteiger partial charge in [0.1, 0.15) is 0 Å². The van der Waals surface area contributed by atoms with Gasteiger partial charge in [-0.1, -0.05) is 19.3 Å². The third-order valence-corrected chi connectivity index (χ3v) is 2.97. The molecule has 1 heterocycles. The molecular formula is C10H14N2O3. The average molecular weight is 210 g/mol. The van der Waals surface area contributed by atoms with Crippen molar-refractivity contribution in [2.45, 2.75) is 38.0 Å². The van der Waals surface area contributed by atoms with Crippen molar-refractivity contribution in [1.82, 2.24) is 9.97 Å². The van der Waals surface area contributed by atoms with Crippen molar-refractivity contribution in [3.8, 4) is 5.88 Å². The number of aromatic amines is 2. The van der Waals surface area contributed by atoms with E-state index in [1.165, 1.54) is 6.42 Å².